The average Bonchev–Trinajstić information content (AvgIpc) is 3.35. The van der Waals surface area contributed by atoms with Crippen LogP contribution in [-0.2, 0) is 11.3 Å². The molecule has 1 aromatic carbocycles. The Morgan fingerprint density at radius 1 is 1.30 bits per heavy atom. The Labute approximate surface area is 135 Å². The summed E-state index contributed by atoms with van der Waals surface area (Å²) in [5.41, 5.74) is 4.17. The summed E-state index contributed by atoms with van der Waals surface area (Å²) in [4.78, 5) is 15.3. The Morgan fingerprint density at radius 2 is 2.04 bits per heavy atom. The standard InChI is InChI=1S/C18H20N2O3/c1-11-13(5-8-17(20-11)23-2)10-19-14-6-3-12(4-7-14)15-9-16(15)18(21)22/h3-8,15-16,19H,9-10H2,1-2H3,(H,21,22)/t15-,16+/m0/s1. The minimum Gasteiger partial charge on any atom is -0.481 e. The van der Waals surface area contributed by atoms with Gasteiger partial charge in [0.2, 0.25) is 5.88 Å². The number of pyridine rings is 1. The molecule has 1 saturated carbocycles. The fourth-order valence-corrected chi connectivity index (χ4v) is 2.75. The van der Waals surface area contributed by atoms with E-state index < -0.39 is 5.97 Å². The molecule has 0 saturated heterocycles. The summed E-state index contributed by atoms with van der Waals surface area (Å²) in [6.45, 7) is 2.64. The molecule has 2 atom stereocenters. The highest BCUT2D eigenvalue weighted by molar-refractivity contribution is 5.75. The Hall–Kier alpha value is -2.56. The van der Waals surface area contributed by atoms with Crippen LogP contribution in [-0.4, -0.2) is 23.2 Å². The highest BCUT2D eigenvalue weighted by atomic mass is 16.5. The van der Waals surface area contributed by atoms with Gasteiger partial charge in [-0.25, -0.2) is 4.98 Å². The van der Waals surface area contributed by atoms with Gasteiger partial charge in [-0.15, -0.1) is 0 Å². The van der Waals surface area contributed by atoms with Gasteiger partial charge in [-0.05, 0) is 42.5 Å². The maximum absolute atomic E-state index is 10.9. The summed E-state index contributed by atoms with van der Waals surface area (Å²) < 4.78 is 5.11. The van der Waals surface area contributed by atoms with E-state index in [2.05, 4.69) is 10.3 Å². The fraction of sp³-hybridized carbons (Fsp3) is 0.333. The molecule has 1 aliphatic rings. The number of ether oxygens (including phenoxy) is 1. The quantitative estimate of drug-likeness (QED) is 0.857. The first-order chi connectivity index (χ1) is 11.1. The highest BCUT2D eigenvalue weighted by Gasteiger charge is 2.43. The lowest BCUT2D eigenvalue weighted by atomic mass is 10.1. The number of aromatic nitrogens is 1. The van der Waals surface area contributed by atoms with E-state index in [9.17, 15) is 4.79 Å². The van der Waals surface area contributed by atoms with Gasteiger partial charge in [-0.1, -0.05) is 18.2 Å². The molecule has 2 aromatic rings. The van der Waals surface area contributed by atoms with Crippen LogP contribution in [0.2, 0.25) is 0 Å². The maximum atomic E-state index is 10.9. The summed E-state index contributed by atoms with van der Waals surface area (Å²) in [5.74, 6) is -0.107. The van der Waals surface area contributed by atoms with Crippen LogP contribution in [0.5, 0.6) is 5.88 Å². The minimum absolute atomic E-state index is 0.176. The third-order valence-electron chi connectivity index (χ3n) is 4.31. The number of nitrogens with one attached hydrogen (secondary N) is 1. The monoisotopic (exact) mass is 312 g/mol. The van der Waals surface area contributed by atoms with Gasteiger partial charge in [0.05, 0.1) is 13.0 Å². The number of anilines is 1. The van der Waals surface area contributed by atoms with Crippen molar-refractivity contribution < 1.29 is 14.6 Å². The van der Waals surface area contributed by atoms with Crippen LogP contribution < -0.4 is 10.1 Å². The van der Waals surface area contributed by atoms with E-state index in [0.29, 0.717) is 12.4 Å². The van der Waals surface area contributed by atoms with Crippen molar-refractivity contribution in [2.24, 2.45) is 5.92 Å². The lowest BCUT2D eigenvalue weighted by Gasteiger charge is -2.10. The van der Waals surface area contributed by atoms with E-state index in [1.165, 1.54) is 0 Å². The van der Waals surface area contributed by atoms with Crippen molar-refractivity contribution in [3.05, 3.63) is 53.2 Å². The van der Waals surface area contributed by atoms with Gasteiger partial charge in [0.15, 0.2) is 0 Å². The lowest BCUT2D eigenvalue weighted by Crippen LogP contribution is -2.03. The molecule has 1 fully saturated rings. The van der Waals surface area contributed by atoms with Crippen molar-refractivity contribution >= 4 is 11.7 Å². The van der Waals surface area contributed by atoms with Crippen LogP contribution in [0.3, 0.4) is 0 Å². The van der Waals surface area contributed by atoms with Crippen molar-refractivity contribution in [2.75, 3.05) is 12.4 Å². The lowest BCUT2D eigenvalue weighted by molar-refractivity contribution is -0.138. The molecule has 2 N–H and O–H groups in total. The number of carboxylic acid groups (broad SMARTS) is 1. The van der Waals surface area contributed by atoms with Crippen LogP contribution >= 0.6 is 0 Å². The molecule has 0 bridgehead atoms. The van der Waals surface area contributed by atoms with Crippen LogP contribution in [0.15, 0.2) is 36.4 Å². The summed E-state index contributed by atoms with van der Waals surface area (Å²) in [5, 5.41) is 12.3. The average molecular weight is 312 g/mol. The molecule has 0 amide bonds. The van der Waals surface area contributed by atoms with Crippen molar-refractivity contribution in [2.45, 2.75) is 25.8 Å². The summed E-state index contributed by atoms with van der Waals surface area (Å²) in [7, 11) is 1.61. The van der Waals surface area contributed by atoms with Gasteiger partial charge in [-0.3, -0.25) is 4.79 Å². The van der Waals surface area contributed by atoms with Crippen LogP contribution in [0, 0.1) is 12.8 Å². The minimum atomic E-state index is -0.695. The van der Waals surface area contributed by atoms with Gasteiger partial charge in [0, 0.05) is 24.0 Å². The molecular weight excluding hydrogens is 292 g/mol. The Morgan fingerprint density at radius 3 is 2.61 bits per heavy atom. The smallest absolute Gasteiger partial charge is 0.307 e. The number of nitrogens with zero attached hydrogens (tertiary/aromatic N) is 1. The van der Waals surface area contributed by atoms with Gasteiger partial charge in [0.25, 0.3) is 0 Å². The zero-order chi connectivity index (χ0) is 16.4. The molecule has 1 heterocycles. The molecule has 23 heavy (non-hydrogen) atoms. The van der Waals surface area contributed by atoms with Gasteiger partial charge >= 0.3 is 5.97 Å². The largest absolute Gasteiger partial charge is 0.481 e. The van der Waals surface area contributed by atoms with E-state index in [1.54, 1.807) is 7.11 Å². The van der Waals surface area contributed by atoms with E-state index >= 15 is 0 Å². The molecule has 0 unspecified atom stereocenters. The number of hydrogen-bond acceptors (Lipinski definition) is 4. The van der Waals surface area contributed by atoms with Crippen molar-refractivity contribution in [1.82, 2.24) is 4.98 Å². The van der Waals surface area contributed by atoms with Crippen LogP contribution in [0.1, 0.15) is 29.2 Å². The van der Waals surface area contributed by atoms with Gasteiger partial charge < -0.3 is 15.2 Å². The van der Waals surface area contributed by atoms with E-state index in [-0.39, 0.29) is 11.8 Å². The number of rotatable bonds is 6. The highest BCUT2D eigenvalue weighted by Crippen LogP contribution is 2.47. The van der Waals surface area contributed by atoms with Crippen molar-refractivity contribution in [3.8, 4) is 5.88 Å². The Kier molecular flexibility index (Phi) is 4.19. The second kappa shape index (κ2) is 6.28. The summed E-state index contributed by atoms with van der Waals surface area (Å²) in [6, 6.07) is 11.9. The molecule has 5 heteroatoms. The third-order valence-corrected chi connectivity index (χ3v) is 4.31. The first-order valence-corrected chi connectivity index (χ1v) is 7.65. The summed E-state index contributed by atoms with van der Waals surface area (Å²) >= 11 is 0. The fourth-order valence-electron chi connectivity index (χ4n) is 2.75. The number of carboxylic acids is 1. The number of hydrogen-bond donors (Lipinski definition) is 2. The van der Waals surface area contributed by atoms with Crippen molar-refractivity contribution in [1.29, 1.82) is 0 Å². The first-order valence-electron chi connectivity index (χ1n) is 7.65. The van der Waals surface area contributed by atoms with E-state index in [0.717, 1.165) is 28.9 Å². The number of benzene rings is 1. The normalized spacial score (nSPS) is 19.2. The zero-order valence-electron chi connectivity index (χ0n) is 13.2. The first kappa shape index (κ1) is 15.3. The zero-order valence-corrected chi connectivity index (χ0v) is 13.2. The van der Waals surface area contributed by atoms with E-state index in [1.807, 2.05) is 43.3 Å². The molecule has 0 radical (unpaired) electrons. The second-order valence-electron chi connectivity index (χ2n) is 5.86. The molecule has 120 valence electrons. The predicted octanol–water partition coefficient (Wildman–Crippen LogP) is 3.20. The number of methoxy groups -OCH3 is 1. The van der Waals surface area contributed by atoms with Crippen molar-refractivity contribution in [3.63, 3.8) is 0 Å². The predicted molar refractivity (Wildman–Crippen MR) is 87.8 cm³/mol. The SMILES string of the molecule is COc1ccc(CNc2ccc([C@@H]3C[C@H]3C(=O)O)cc2)c(C)n1. The molecule has 1 aliphatic carbocycles. The molecular formula is C18H20N2O3. The van der Waals surface area contributed by atoms with Crippen LogP contribution in [0.25, 0.3) is 0 Å². The Bertz CT molecular complexity index is 713. The second-order valence-corrected chi connectivity index (χ2v) is 5.86. The molecule has 5 nitrogen and oxygen atoms in total. The Balaban J connectivity index is 1.60. The number of carbonyl (C=O) groups is 1. The molecule has 3 rings (SSSR count). The van der Waals surface area contributed by atoms with Crippen LogP contribution in [0.4, 0.5) is 5.69 Å². The molecule has 1 aromatic heterocycles. The van der Waals surface area contributed by atoms with Gasteiger partial charge in [-0.2, -0.15) is 0 Å². The molecule has 0 aliphatic heterocycles. The van der Waals surface area contributed by atoms with E-state index in [4.69, 9.17) is 9.84 Å². The third kappa shape index (κ3) is 3.44. The topological polar surface area (TPSA) is 71.5 Å². The number of aliphatic carboxylic acids is 1. The summed E-state index contributed by atoms with van der Waals surface area (Å²) in [6.07, 6.45) is 0.749. The maximum Gasteiger partial charge on any atom is 0.307 e. The van der Waals surface area contributed by atoms with Gasteiger partial charge in [0.1, 0.15) is 0 Å². The molecule has 0 spiro atoms. The number of aryl methyl sites for hydroxylation is 1.